The van der Waals surface area contributed by atoms with Crippen LogP contribution in [0.3, 0.4) is 0 Å². The lowest BCUT2D eigenvalue weighted by Crippen LogP contribution is -2.48. The maximum Gasteiger partial charge on any atom is 0.420 e. The van der Waals surface area contributed by atoms with Crippen molar-refractivity contribution in [1.82, 2.24) is 43.4 Å². The quantitative estimate of drug-likeness (QED) is 0.153. The predicted molar refractivity (Wildman–Crippen MR) is 304 cm³/mol. The van der Waals surface area contributed by atoms with Gasteiger partial charge < -0.3 is 24.2 Å². The maximum absolute atomic E-state index is 13.0. The number of likely N-dealkylation sites (N-methyl/N-ethyl adjacent to an activating group) is 1. The molecule has 392 valence electrons. The van der Waals surface area contributed by atoms with E-state index in [0.717, 1.165) is 120 Å². The van der Waals surface area contributed by atoms with E-state index in [-0.39, 0.29) is 26.1 Å². The fraction of sp³-hybridized carbons (Fsp3) is 0.238. The Morgan fingerprint density at radius 2 is 0.896 bits per heavy atom. The second-order valence-corrected chi connectivity index (χ2v) is 19.2. The summed E-state index contributed by atoms with van der Waals surface area (Å²) in [7, 11) is 2.08. The van der Waals surface area contributed by atoms with E-state index < -0.39 is 6.09 Å². The van der Waals surface area contributed by atoms with Crippen LogP contribution < -0.4 is 4.74 Å². The van der Waals surface area contributed by atoms with Gasteiger partial charge in [0, 0.05) is 91.2 Å². The van der Waals surface area contributed by atoms with Gasteiger partial charge in [0.1, 0.15) is 29.8 Å². The van der Waals surface area contributed by atoms with Crippen LogP contribution in [0, 0.1) is 13.8 Å². The first-order chi connectivity index (χ1) is 37.1. The zero-order valence-electron chi connectivity index (χ0n) is 43.4. The zero-order chi connectivity index (χ0) is 52.5. The third-order valence-electron chi connectivity index (χ3n) is 13.7. The molecule has 2 fully saturated rings. The number of carbonyl (C=O) groups is 3. The van der Waals surface area contributed by atoms with E-state index in [0.29, 0.717) is 18.3 Å². The van der Waals surface area contributed by atoms with Gasteiger partial charge in [0.25, 0.3) is 0 Å². The Labute approximate surface area is 450 Å². The molecule has 8 heterocycles. The van der Waals surface area contributed by atoms with Gasteiger partial charge in [-0.3, -0.25) is 9.13 Å². The molecule has 0 aromatic heterocycles. The van der Waals surface area contributed by atoms with Crippen molar-refractivity contribution in [3.8, 4) is 73.7 Å². The molecule has 8 aliphatic rings. The monoisotopic (exact) mass is 1030 g/mol. The number of hydrogen-bond acceptors (Lipinski definition) is 9. The Kier molecular flexibility index (Phi) is 16.6. The highest BCUT2D eigenvalue weighted by molar-refractivity contribution is 5.85. The number of pyridine rings is 3. The minimum Gasteiger partial charge on any atom is -0.494 e. The lowest BCUT2D eigenvalue weighted by Gasteiger charge is -2.32. The molecule has 4 aromatic rings. The van der Waals surface area contributed by atoms with Gasteiger partial charge in [0.2, 0.25) is 0 Å². The Hall–Kier alpha value is -8.88. The molecule has 0 atom stereocenters. The standard InChI is InChI=1S/C22H18N2O2.C21H24N4O2.C19H19N3O.CH4/c1-16-9-11-18(12-10-16)20-14-19-8-5-13-24(21(19)23-20)22(25)26-15-17-6-3-2-4-7-17;1-3-27-18-8-6-16(7-9-18)19-15-17-5-4-10-25(20(17)22-19)21(26)24-13-11-23(2)12-14-24;1-14-6-8-15(9-7-14)17-13-16-5-4-12-22(18(16)20-17)19(23)21-10-2-3-11-21;/h2-14H,15H2,1H3;4-10,15H,3,11-14H2,1-2H3;4-9,12-13H,2-3,10-11H2,1H3;1H4. The van der Waals surface area contributed by atoms with E-state index in [1.54, 1.807) is 21.5 Å². The van der Waals surface area contributed by atoms with Gasteiger partial charge in [-0.25, -0.2) is 33.9 Å². The number of aryl methyl sites for hydroxylation is 2. The van der Waals surface area contributed by atoms with Crippen LogP contribution in [0.4, 0.5) is 14.4 Å². The van der Waals surface area contributed by atoms with E-state index in [1.165, 1.54) is 15.7 Å². The molecule has 12 rings (SSSR count). The fourth-order valence-electron chi connectivity index (χ4n) is 9.36. The Morgan fingerprint density at radius 3 is 1.35 bits per heavy atom. The minimum absolute atomic E-state index is 0. The average Bonchev–Trinajstić information content (AvgIpc) is 4.31. The number of aromatic nitrogens is 6. The predicted octanol–water partition coefficient (Wildman–Crippen LogP) is 13.1. The number of amides is 2. The fourth-order valence-corrected chi connectivity index (χ4v) is 9.36. The number of benzene rings is 4. The molecule has 4 aromatic carbocycles. The van der Waals surface area contributed by atoms with Gasteiger partial charge in [0.05, 0.1) is 23.7 Å². The first kappa shape index (κ1) is 53.0. The smallest absolute Gasteiger partial charge is 0.420 e. The lowest BCUT2D eigenvalue weighted by atomic mass is 10.1. The molecule has 14 heteroatoms. The van der Waals surface area contributed by atoms with Crippen LogP contribution in [0.25, 0.3) is 67.9 Å². The zero-order valence-corrected chi connectivity index (χ0v) is 43.4. The summed E-state index contributed by atoms with van der Waals surface area (Å²) in [6, 6.07) is 51.7. The topological polar surface area (TPSA) is 133 Å². The second-order valence-electron chi connectivity index (χ2n) is 19.2. The second kappa shape index (κ2) is 24.2. The van der Waals surface area contributed by atoms with E-state index in [4.69, 9.17) is 19.4 Å². The molecule has 2 saturated heterocycles. The number of piperazine rings is 1. The van der Waals surface area contributed by atoms with Crippen LogP contribution in [0.1, 0.15) is 43.9 Å². The van der Waals surface area contributed by atoms with E-state index in [1.807, 2.05) is 144 Å². The van der Waals surface area contributed by atoms with Crippen molar-refractivity contribution in [3.63, 3.8) is 0 Å². The molecule has 0 spiro atoms. The van der Waals surface area contributed by atoms with Gasteiger partial charge in [-0.2, -0.15) is 0 Å². The van der Waals surface area contributed by atoms with Crippen LogP contribution >= 0.6 is 0 Å². The Balaban J connectivity index is 0.000000140. The first-order valence-electron chi connectivity index (χ1n) is 25.9. The SMILES string of the molecule is C.CCOc1ccc(-c2cc3cccn(C(=O)N4CCN(C)CC4)c-3n2)cc1.Cc1ccc(-c2cc3cccn(C(=O)N4CCCC4)c-3n2)cc1.Cc1ccc(-c2cc3cccn(C(=O)OCc4ccccc4)c-3n2)cc1. The number of rotatable bonds is 7. The van der Waals surface area contributed by atoms with Gasteiger partial charge in [-0.1, -0.05) is 97.4 Å². The largest absolute Gasteiger partial charge is 0.494 e. The van der Waals surface area contributed by atoms with Crippen molar-refractivity contribution in [2.24, 2.45) is 0 Å². The Bertz CT molecular complexity index is 3440. The molecule has 0 aliphatic carbocycles. The van der Waals surface area contributed by atoms with Gasteiger partial charge in [-0.05, 0) is 125 Å². The lowest BCUT2D eigenvalue weighted by molar-refractivity contribution is 0.141. The molecule has 0 N–H and O–H groups in total. The van der Waals surface area contributed by atoms with Crippen LogP contribution in [0.5, 0.6) is 5.75 Å². The van der Waals surface area contributed by atoms with Crippen LogP contribution in [-0.2, 0) is 11.3 Å². The molecule has 14 nitrogen and oxygen atoms in total. The summed E-state index contributed by atoms with van der Waals surface area (Å²) >= 11 is 0. The molecule has 2 amide bonds. The summed E-state index contributed by atoms with van der Waals surface area (Å²) in [6.07, 6.45) is 7.04. The third kappa shape index (κ3) is 12.3. The van der Waals surface area contributed by atoms with E-state index in [9.17, 15) is 14.4 Å². The summed E-state index contributed by atoms with van der Waals surface area (Å²) < 4.78 is 15.7. The number of hydrogen-bond donors (Lipinski definition) is 0. The van der Waals surface area contributed by atoms with Crippen molar-refractivity contribution in [2.75, 3.05) is 52.9 Å². The number of carbonyl (C=O) groups excluding carboxylic acids is 3. The van der Waals surface area contributed by atoms with Gasteiger partial charge in [0.15, 0.2) is 0 Å². The van der Waals surface area contributed by atoms with Crippen molar-refractivity contribution < 1.29 is 23.9 Å². The molecule has 0 saturated carbocycles. The Morgan fingerprint density at radius 1 is 0.481 bits per heavy atom. The minimum atomic E-state index is -0.437. The summed E-state index contributed by atoms with van der Waals surface area (Å²) in [4.78, 5) is 58.4. The number of ether oxygens (including phenoxy) is 2. The third-order valence-corrected chi connectivity index (χ3v) is 13.7. The van der Waals surface area contributed by atoms with Crippen molar-refractivity contribution in [2.45, 2.75) is 47.6 Å². The van der Waals surface area contributed by atoms with Crippen LogP contribution in [0.15, 0.2) is 176 Å². The van der Waals surface area contributed by atoms with Crippen LogP contribution in [-0.4, -0.2) is 114 Å². The molecule has 0 unspecified atom stereocenters. The highest BCUT2D eigenvalue weighted by Gasteiger charge is 2.26. The summed E-state index contributed by atoms with van der Waals surface area (Å²) in [5, 5.41) is 0. The van der Waals surface area contributed by atoms with Gasteiger partial charge in [-0.15, -0.1) is 0 Å². The summed E-state index contributed by atoms with van der Waals surface area (Å²) in [5.41, 5.74) is 12.0. The van der Waals surface area contributed by atoms with Crippen molar-refractivity contribution in [3.05, 3.63) is 193 Å². The summed E-state index contributed by atoms with van der Waals surface area (Å²) in [6.45, 7) is 11.9. The highest BCUT2D eigenvalue weighted by Crippen LogP contribution is 2.33. The molecule has 0 bridgehead atoms. The number of nitrogens with zero attached hydrogens (tertiary/aromatic N) is 9. The number of fused-ring (bicyclic) bond motifs is 3. The van der Waals surface area contributed by atoms with Crippen LogP contribution in [0.2, 0.25) is 0 Å². The highest BCUT2D eigenvalue weighted by atomic mass is 16.5. The van der Waals surface area contributed by atoms with Crippen molar-refractivity contribution in [1.29, 1.82) is 0 Å². The van der Waals surface area contributed by atoms with Gasteiger partial charge >= 0.3 is 18.2 Å². The van der Waals surface area contributed by atoms with Crippen molar-refractivity contribution >= 4 is 18.2 Å². The molecule has 0 radical (unpaired) electrons. The first-order valence-corrected chi connectivity index (χ1v) is 25.9. The molecule has 77 heavy (non-hydrogen) atoms. The van der Waals surface area contributed by atoms with E-state index >= 15 is 0 Å². The van der Waals surface area contributed by atoms with E-state index in [2.05, 4.69) is 67.2 Å². The molecular weight excluding hydrogens is 963 g/mol. The number of likely N-dealkylation sites (tertiary alicyclic amines) is 1. The normalized spacial score (nSPS) is 13.4. The molecular formula is C63H65N9O5. The average molecular weight is 1030 g/mol. The maximum atomic E-state index is 13.0. The summed E-state index contributed by atoms with van der Waals surface area (Å²) in [5.74, 6) is 2.88. The molecule has 8 aliphatic heterocycles.